The highest BCUT2D eigenvalue weighted by Gasteiger charge is 2.23. The number of thiazole rings is 1. The number of benzene rings is 1. The second-order valence-corrected chi connectivity index (χ2v) is 9.05. The fourth-order valence-corrected chi connectivity index (χ4v) is 3.89. The van der Waals surface area contributed by atoms with Gasteiger partial charge in [0.2, 0.25) is 11.8 Å². The maximum atomic E-state index is 12.9. The molecule has 3 rings (SSSR count). The molecule has 0 bridgehead atoms. The largest absolute Gasteiger partial charge is 0.467 e. The monoisotopic (exact) mass is 508 g/mol. The number of hydrogen-bond donors (Lipinski definition) is 2. The number of rotatable bonds is 9. The van der Waals surface area contributed by atoms with Gasteiger partial charge >= 0.3 is 0 Å². The van der Waals surface area contributed by atoms with Crippen LogP contribution in [0, 0.1) is 0 Å². The molecule has 0 atom stereocenters. The van der Waals surface area contributed by atoms with Gasteiger partial charge in [-0.2, -0.15) is 0 Å². The molecule has 0 aliphatic heterocycles. The molecule has 0 radical (unpaired) electrons. The molecule has 3 amide bonds. The Kier molecular flexibility index (Phi) is 8.49. The lowest BCUT2D eigenvalue weighted by atomic mass is 10.1. The predicted octanol–water partition coefficient (Wildman–Crippen LogP) is 4.39. The van der Waals surface area contributed by atoms with E-state index >= 15 is 0 Å². The van der Waals surface area contributed by atoms with Crippen LogP contribution in [-0.4, -0.2) is 40.2 Å². The van der Waals surface area contributed by atoms with E-state index in [0.29, 0.717) is 27.2 Å². The highest BCUT2D eigenvalue weighted by molar-refractivity contribution is 7.13. The van der Waals surface area contributed by atoms with E-state index in [4.69, 9.17) is 27.6 Å². The van der Waals surface area contributed by atoms with Gasteiger partial charge in [0.05, 0.1) is 35.0 Å². The summed E-state index contributed by atoms with van der Waals surface area (Å²) in [6.45, 7) is 3.74. The summed E-state index contributed by atoms with van der Waals surface area (Å²) in [5.41, 5.74) is 0.864. The number of nitrogens with one attached hydrogen (secondary N) is 2. The third-order valence-corrected chi connectivity index (χ3v) is 6.09. The Morgan fingerprint density at radius 3 is 2.61 bits per heavy atom. The van der Waals surface area contributed by atoms with Gasteiger partial charge < -0.3 is 20.0 Å². The minimum absolute atomic E-state index is 0.0704. The first-order valence-electron chi connectivity index (χ1n) is 10.0. The Morgan fingerprint density at radius 2 is 1.94 bits per heavy atom. The maximum Gasteiger partial charge on any atom is 0.254 e. The molecule has 0 saturated heterocycles. The molecule has 2 aromatic heterocycles. The van der Waals surface area contributed by atoms with Crippen molar-refractivity contribution in [1.29, 1.82) is 0 Å². The van der Waals surface area contributed by atoms with Crippen molar-refractivity contribution >= 4 is 57.4 Å². The van der Waals surface area contributed by atoms with Crippen LogP contribution in [0.25, 0.3) is 0 Å². The molecule has 11 heteroatoms. The summed E-state index contributed by atoms with van der Waals surface area (Å²) in [5, 5.41) is 8.07. The molecule has 33 heavy (non-hydrogen) atoms. The van der Waals surface area contributed by atoms with E-state index in [1.165, 1.54) is 34.6 Å². The lowest BCUT2D eigenvalue weighted by molar-refractivity contribution is -0.120. The summed E-state index contributed by atoms with van der Waals surface area (Å²) in [7, 11) is 0. The third kappa shape index (κ3) is 7.05. The number of hydrogen-bond acceptors (Lipinski definition) is 6. The van der Waals surface area contributed by atoms with Crippen LogP contribution in [0.3, 0.4) is 0 Å². The molecule has 0 aliphatic carbocycles. The Morgan fingerprint density at radius 1 is 1.15 bits per heavy atom. The van der Waals surface area contributed by atoms with Crippen LogP contribution < -0.4 is 10.6 Å². The fourth-order valence-electron chi connectivity index (χ4n) is 2.87. The molecule has 0 unspecified atom stereocenters. The number of anilines is 1. The summed E-state index contributed by atoms with van der Waals surface area (Å²) >= 11 is 13.1. The molecule has 2 N–H and O–H groups in total. The number of furan rings is 1. The molecule has 0 fully saturated rings. The Bertz CT molecular complexity index is 1130. The van der Waals surface area contributed by atoms with Crippen molar-refractivity contribution in [3.63, 3.8) is 0 Å². The van der Waals surface area contributed by atoms with Crippen LogP contribution in [0.15, 0.2) is 46.4 Å². The lowest BCUT2D eigenvalue weighted by Crippen LogP contribution is -2.42. The van der Waals surface area contributed by atoms with E-state index in [1.807, 2.05) is 13.8 Å². The van der Waals surface area contributed by atoms with Crippen molar-refractivity contribution in [2.45, 2.75) is 32.9 Å². The van der Waals surface area contributed by atoms with Gasteiger partial charge in [0.15, 0.2) is 5.13 Å². The number of amides is 3. The zero-order valence-corrected chi connectivity index (χ0v) is 20.3. The van der Waals surface area contributed by atoms with Gasteiger partial charge in [-0.3, -0.25) is 14.4 Å². The lowest BCUT2D eigenvalue weighted by Gasteiger charge is -2.26. The molecule has 0 aliphatic rings. The SMILES string of the molecule is CC(C)N(CC(=O)Nc1nc(CC(=O)NCc2ccco2)cs1)C(=O)c1ccc(Cl)c(Cl)c1. The van der Waals surface area contributed by atoms with Crippen molar-refractivity contribution in [2.75, 3.05) is 11.9 Å². The van der Waals surface area contributed by atoms with Crippen molar-refractivity contribution < 1.29 is 18.8 Å². The number of halogens is 2. The first-order chi connectivity index (χ1) is 15.7. The summed E-state index contributed by atoms with van der Waals surface area (Å²) in [4.78, 5) is 43.2. The summed E-state index contributed by atoms with van der Waals surface area (Å²) < 4.78 is 5.17. The Balaban J connectivity index is 1.55. The topological polar surface area (TPSA) is 105 Å². The molecule has 0 saturated carbocycles. The highest BCUT2D eigenvalue weighted by atomic mass is 35.5. The molecular formula is C22H22Cl2N4O4S. The average molecular weight is 509 g/mol. The second-order valence-electron chi connectivity index (χ2n) is 7.38. The van der Waals surface area contributed by atoms with E-state index in [9.17, 15) is 14.4 Å². The van der Waals surface area contributed by atoms with Crippen molar-refractivity contribution in [3.8, 4) is 0 Å². The number of aromatic nitrogens is 1. The second kappa shape index (κ2) is 11.3. The Labute approximate surface area is 204 Å². The van der Waals surface area contributed by atoms with Crippen LogP contribution in [0.2, 0.25) is 10.0 Å². The third-order valence-electron chi connectivity index (χ3n) is 4.54. The van der Waals surface area contributed by atoms with Crippen molar-refractivity contribution in [3.05, 3.63) is 69.0 Å². The molecule has 174 valence electrons. The number of carbonyl (C=O) groups is 3. The quantitative estimate of drug-likeness (QED) is 0.445. The smallest absolute Gasteiger partial charge is 0.254 e. The van der Waals surface area contributed by atoms with Crippen LogP contribution in [0.4, 0.5) is 5.13 Å². The molecular weight excluding hydrogens is 487 g/mol. The summed E-state index contributed by atoms with van der Waals surface area (Å²) in [5.74, 6) is -0.306. The van der Waals surface area contributed by atoms with Crippen LogP contribution in [-0.2, 0) is 22.6 Å². The average Bonchev–Trinajstić information content (AvgIpc) is 3.44. The molecule has 3 aromatic rings. The summed E-state index contributed by atoms with van der Waals surface area (Å²) in [6, 6.07) is 7.86. The molecule has 2 heterocycles. The number of carbonyl (C=O) groups excluding carboxylic acids is 3. The fraction of sp³-hybridized carbons (Fsp3) is 0.273. The van der Waals surface area contributed by atoms with Crippen LogP contribution >= 0.6 is 34.5 Å². The van der Waals surface area contributed by atoms with E-state index < -0.39 is 5.91 Å². The summed E-state index contributed by atoms with van der Waals surface area (Å²) in [6.07, 6.45) is 1.61. The van der Waals surface area contributed by atoms with Gasteiger partial charge in [0.25, 0.3) is 5.91 Å². The van der Waals surface area contributed by atoms with Crippen molar-refractivity contribution in [2.24, 2.45) is 0 Å². The highest BCUT2D eigenvalue weighted by Crippen LogP contribution is 2.24. The van der Waals surface area contributed by atoms with E-state index in [0.717, 1.165) is 0 Å². The molecule has 8 nitrogen and oxygen atoms in total. The normalized spacial score (nSPS) is 10.8. The predicted molar refractivity (Wildman–Crippen MR) is 128 cm³/mol. The zero-order chi connectivity index (χ0) is 24.0. The van der Waals surface area contributed by atoms with E-state index in [1.54, 1.807) is 23.6 Å². The molecule has 0 spiro atoms. The van der Waals surface area contributed by atoms with Gasteiger partial charge in [-0.1, -0.05) is 23.2 Å². The zero-order valence-electron chi connectivity index (χ0n) is 17.9. The van der Waals surface area contributed by atoms with Gasteiger partial charge in [0, 0.05) is 17.0 Å². The van der Waals surface area contributed by atoms with Crippen LogP contribution in [0.1, 0.15) is 35.7 Å². The maximum absolute atomic E-state index is 12.9. The van der Waals surface area contributed by atoms with Gasteiger partial charge in [-0.05, 0) is 44.2 Å². The minimum Gasteiger partial charge on any atom is -0.467 e. The van der Waals surface area contributed by atoms with E-state index in [-0.39, 0.29) is 42.4 Å². The molecule has 1 aromatic carbocycles. The standard InChI is InChI=1S/C22H22Cl2N4O4S/c1-13(2)28(21(31)14-5-6-17(23)18(24)8-14)11-20(30)27-22-26-15(12-33-22)9-19(29)25-10-16-4-3-7-32-16/h3-8,12-13H,9-11H2,1-2H3,(H,25,29)(H,26,27,30). The van der Waals surface area contributed by atoms with Gasteiger partial charge in [-0.25, -0.2) is 4.98 Å². The minimum atomic E-state index is -0.403. The Hall–Kier alpha value is -2.88. The van der Waals surface area contributed by atoms with Crippen LogP contribution in [0.5, 0.6) is 0 Å². The van der Waals surface area contributed by atoms with Crippen molar-refractivity contribution in [1.82, 2.24) is 15.2 Å². The number of nitrogens with zero attached hydrogens (tertiary/aromatic N) is 2. The first kappa shape index (κ1) is 24.8. The first-order valence-corrected chi connectivity index (χ1v) is 11.7. The van der Waals surface area contributed by atoms with Gasteiger partial charge in [-0.15, -0.1) is 11.3 Å². The van der Waals surface area contributed by atoms with Gasteiger partial charge in [0.1, 0.15) is 12.3 Å². The van der Waals surface area contributed by atoms with E-state index in [2.05, 4.69) is 15.6 Å².